The Labute approximate surface area is 97.6 Å². The highest BCUT2D eigenvalue weighted by Gasteiger charge is 2.54. The molecule has 0 aliphatic heterocycles. The minimum atomic E-state index is -4.45. The largest absolute Gasteiger partial charge is 0.724 e. The predicted molar refractivity (Wildman–Crippen MR) is 58.0 cm³/mol. The molecular formula is C9H10O7P+. The molecular weight excluding hydrogens is 251 g/mol. The van der Waals surface area contributed by atoms with Crippen LogP contribution in [0.4, 0.5) is 0 Å². The van der Waals surface area contributed by atoms with E-state index in [1.807, 2.05) is 0 Å². The Hall–Kier alpha value is -1.98. The molecule has 0 saturated heterocycles. The van der Waals surface area contributed by atoms with Gasteiger partial charge in [-0.1, -0.05) is 19.7 Å². The summed E-state index contributed by atoms with van der Waals surface area (Å²) in [6.45, 7) is 9.16. The second kappa shape index (κ2) is 6.57. The lowest BCUT2D eigenvalue weighted by Crippen LogP contribution is -2.15. The van der Waals surface area contributed by atoms with E-state index in [-0.39, 0.29) is 0 Å². The van der Waals surface area contributed by atoms with Crippen molar-refractivity contribution < 1.29 is 32.8 Å². The van der Waals surface area contributed by atoms with Crippen molar-refractivity contribution in [1.29, 1.82) is 0 Å². The summed E-state index contributed by atoms with van der Waals surface area (Å²) < 4.78 is 12.8. The van der Waals surface area contributed by atoms with Gasteiger partial charge in [-0.05, 0) is 0 Å². The summed E-state index contributed by atoms with van der Waals surface area (Å²) in [6, 6.07) is 0. The topological polar surface area (TPSA) is 99.1 Å². The average molecular weight is 261 g/mol. The van der Waals surface area contributed by atoms with Gasteiger partial charge in [-0.25, -0.2) is 28.0 Å². The molecule has 0 saturated carbocycles. The molecule has 0 bridgehead atoms. The van der Waals surface area contributed by atoms with Crippen LogP contribution in [0.1, 0.15) is 0 Å². The lowest BCUT2D eigenvalue weighted by molar-refractivity contribution is -0.140. The van der Waals surface area contributed by atoms with Crippen molar-refractivity contribution in [2.75, 3.05) is 0 Å². The third-order valence-corrected chi connectivity index (χ3v) is 2.35. The Kier molecular flexibility index (Phi) is 5.80. The first-order valence-electron chi connectivity index (χ1n) is 4.06. The molecule has 0 radical (unpaired) electrons. The van der Waals surface area contributed by atoms with Crippen molar-refractivity contribution in [3.05, 3.63) is 38.0 Å². The molecule has 0 atom stereocenters. The molecule has 1 N–H and O–H groups in total. The molecule has 8 heteroatoms. The fourth-order valence-corrected chi connectivity index (χ4v) is 1.53. The number of carbonyl (C=O) groups excluding carboxylic acids is 3. The van der Waals surface area contributed by atoms with E-state index in [0.717, 1.165) is 0 Å². The van der Waals surface area contributed by atoms with Crippen molar-refractivity contribution in [2.45, 2.75) is 0 Å². The van der Waals surface area contributed by atoms with Gasteiger partial charge in [0.15, 0.2) is 0 Å². The van der Waals surface area contributed by atoms with E-state index in [0.29, 0.717) is 18.2 Å². The van der Waals surface area contributed by atoms with Crippen LogP contribution in [0.15, 0.2) is 38.0 Å². The van der Waals surface area contributed by atoms with Gasteiger partial charge in [0.25, 0.3) is 0 Å². The highest BCUT2D eigenvalue weighted by atomic mass is 31.2. The molecule has 0 fully saturated rings. The van der Waals surface area contributed by atoms with Gasteiger partial charge >= 0.3 is 26.1 Å². The first-order chi connectivity index (χ1) is 7.86. The van der Waals surface area contributed by atoms with Crippen molar-refractivity contribution in [3.8, 4) is 0 Å². The molecule has 0 amide bonds. The van der Waals surface area contributed by atoms with Crippen LogP contribution in [-0.4, -0.2) is 22.8 Å². The zero-order valence-corrected chi connectivity index (χ0v) is 9.59. The van der Waals surface area contributed by atoms with Crippen LogP contribution in [0.5, 0.6) is 0 Å². The molecule has 92 valence electrons. The van der Waals surface area contributed by atoms with Gasteiger partial charge in [0.2, 0.25) is 0 Å². The monoisotopic (exact) mass is 261 g/mol. The van der Waals surface area contributed by atoms with Crippen LogP contribution in [-0.2, 0) is 28.0 Å². The van der Waals surface area contributed by atoms with Crippen LogP contribution in [0.25, 0.3) is 0 Å². The van der Waals surface area contributed by atoms with Crippen LogP contribution >= 0.6 is 8.17 Å². The SMILES string of the molecule is C=CC(=O)O[P+](O)(OC(=O)C=C)OC(=O)C=C. The third-order valence-electron chi connectivity index (χ3n) is 1.12. The Morgan fingerprint density at radius 1 is 0.824 bits per heavy atom. The van der Waals surface area contributed by atoms with Crippen molar-refractivity contribution in [1.82, 2.24) is 0 Å². The average Bonchev–Trinajstić information content (AvgIpc) is 2.27. The number of rotatable bonds is 6. The lowest BCUT2D eigenvalue weighted by atomic mass is 10.7. The second-order valence-electron chi connectivity index (χ2n) is 2.31. The van der Waals surface area contributed by atoms with Crippen LogP contribution in [0.3, 0.4) is 0 Å². The summed E-state index contributed by atoms with van der Waals surface area (Å²) >= 11 is 0. The minimum Gasteiger partial charge on any atom is -0.242 e. The minimum absolute atomic E-state index is 0.689. The zero-order chi connectivity index (χ0) is 13.5. The summed E-state index contributed by atoms with van der Waals surface area (Å²) in [5, 5.41) is 0. The quantitative estimate of drug-likeness (QED) is 0.558. The van der Waals surface area contributed by atoms with Gasteiger partial charge in [0.05, 0.1) is 0 Å². The first kappa shape index (κ1) is 15.0. The molecule has 7 nitrogen and oxygen atoms in total. The molecule has 17 heavy (non-hydrogen) atoms. The number of carbonyl (C=O) groups is 3. The molecule has 0 heterocycles. The van der Waals surface area contributed by atoms with E-state index in [2.05, 4.69) is 33.3 Å². The molecule has 0 aromatic rings. The van der Waals surface area contributed by atoms with Crippen molar-refractivity contribution >= 4 is 26.1 Å². The predicted octanol–water partition coefficient (Wildman–Crippen LogP) is 0.844. The summed E-state index contributed by atoms with van der Waals surface area (Å²) in [5.41, 5.74) is 0. The Bertz CT molecular complexity index is 318. The second-order valence-corrected chi connectivity index (χ2v) is 3.80. The first-order valence-corrected chi connectivity index (χ1v) is 5.56. The Morgan fingerprint density at radius 3 is 1.24 bits per heavy atom. The van der Waals surface area contributed by atoms with E-state index < -0.39 is 26.1 Å². The maximum absolute atomic E-state index is 10.9. The summed E-state index contributed by atoms with van der Waals surface area (Å²) in [4.78, 5) is 42.1. The molecule has 0 unspecified atom stereocenters. The maximum Gasteiger partial charge on any atom is 0.724 e. The summed E-state index contributed by atoms with van der Waals surface area (Å²) in [7, 11) is -4.45. The van der Waals surface area contributed by atoms with Gasteiger partial charge in [0, 0.05) is 18.2 Å². The molecule has 0 spiro atoms. The number of hydrogen-bond donors (Lipinski definition) is 1. The smallest absolute Gasteiger partial charge is 0.242 e. The lowest BCUT2D eigenvalue weighted by Gasteiger charge is -2.10. The molecule has 0 aromatic heterocycles. The van der Waals surface area contributed by atoms with E-state index in [4.69, 9.17) is 0 Å². The van der Waals surface area contributed by atoms with E-state index in [9.17, 15) is 19.3 Å². The summed E-state index contributed by atoms with van der Waals surface area (Å²) in [6.07, 6.45) is 2.07. The van der Waals surface area contributed by atoms with E-state index in [1.54, 1.807) is 0 Å². The zero-order valence-electron chi connectivity index (χ0n) is 8.70. The van der Waals surface area contributed by atoms with Gasteiger partial charge < -0.3 is 0 Å². The van der Waals surface area contributed by atoms with Crippen molar-refractivity contribution in [2.24, 2.45) is 0 Å². The van der Waals surface area contributed by atoms with Gasteiger partial charge in [-0.3, -0.25) is 0 Å². The molecule has 0 aliphatic rings. The van der Waals surface area contributed by atoms with E-state index in [1.165, 1.54) is 0 Å². The van der Waals surface area contributed by atoms with Gasteiger partial charge in [-0.15, -0.1) is 4.89 Å². The number of hydrogen-bond acceptors (Lipinski definition) is 7. The molecule has 0 aromatic carbocycles. The van der Waals surface area contributed by atoms with Gasteiger partial charge in [0.1, 0.15) is 0 Å². The molecule has 0 rings (SSSR count). The Balaban J connectivity index is 4.90. The van der Waals surface area contributed by atoms with Crippen LogP contribution in [0, 0.1) is 0 Å². The highest BCUT2D eigenvalue weighted by Crippen LogP contribution is 2.58. The third kappa shape index (κ3) is 5.60. The highest BCUT2D eigenvalue weighted by molar-refractivity contribution is 7.57. The maximum atomic E-state index is 10.9. The summed E-state index contributed by atoms with van der Waals surface area (Å²) in [5.74, 6) is -3.39. The van der Waals surface area contributed by atoms with Crippen molar-refractivity contribution in [3.63, 3.8) is 0 Å². The fraction of sp³-hybridized carbons (Fsp3) is 0. The van der Waals surface area contributed by atoms with Crippen LogP contribution < -0.4 is 0 Å². The van der Waals surface area contributed by atoms with Gasteiger partial charge in [-0.2, -0.15) is 0 Å². The molecule has 0 aliphatic carbocycles. The Morgan fingerprint density at radius 2 is 1.06 bits per heavy atom. The van der Waals surface area contributed by atoms with Crippen LogP contribution in [0.2, 0.25) is 0 Å². The van der Waals surface area contributed by atoms with E-state index >= 15 is 0 Å². The fourth-order valence-electron chi connectivity index (χ4n) is 0.509. The standard InChI is InChI=1S/C9H10O7P/c1-4-7(10)14-17(13,15-8(11)5-2)16-9(12)6-3/h4-6,13H,1-3H2/q+1. The normalized spacial score (nSPS) is 9.71.